The molecular formula is C27H30O3. The second kappa shape index (κ2) is 11.2. The van der Waals surface area contributed by atoms with Gasteiger partial charge in [-0.1, -0.05) is 67.6 Å². The van der Waals surface area contributed by atoms with Crippen molar-refractivity contribution in [2.75, 3.05) is 0 Å². The number of ether oxygens (including phenoxy) is 2. The van der Waals surface area contributed by atoms with Crippen LogP contribution < -0.4 is 4.74 Å². The zero-order chi connectivity index (χ0) is 21.2. The van der Waals surface area contributed by atoms with Gasteiger partial charge >= 0.3 is 5.97 Å². The van der Waals surface area contributed by atoms with Gasteiger partial charge in [0.15, 0.2) is 0 Å². The Bertz CT molecular complexity index is 976. The van der Waals surface area contributed by atoms with Crippen molar-refractivity contribution in [3.63, 3.8) is 0 Å². The first kappa shape index (κ1) is 21.6. The maximum absolute atomic E-state index is 11.5. The van der Waals surface area contributed by atoms with Crippen LogP contribution in [0.1, 0.15) is 50.7 Å². The highest BCUT2D eigenvalue weighted by atomic mass is 16.5. The van der Waals surface area contributed by atoms with E-state index in [1.165, 1.54) is 5.39 Å². The third kappa shape index (κ3) is 6.77. The number of benzene rings is 3. The quantitative estimate of drug-likeness (QED) is 0.344. The largest absolute Gasteiger partial charge is 0.489 e. The van der Waals surface area contributed by atoms with Crippen LogP contribution in [0.5, 0.6) is 5.75 Å². The predicted octanol–water partition coefficient (Wildman–Crippen LogP) is 6.94. The van der Waals surface area contributed by atoms with Crippen LogP contribution in [0.25, 0.3) is 16.8 Å². The van der Waals surface area contributed by atoms with E-state index < -0.39 is 0 Å². The molecule has 0 amide bonds. The summed E-state index contributed by atoms with van der Waals surface area (Å²) in [4.78, 5) is 11.5. The highest BCUT2D eigenvalue weighted by Gasteiger charge is 2.07. The van der Waals surface area contributed by atoms with Gasteiger partial charge in [0.1, 0.15) is 12.4 Å². The molecule has 3 nitrogen and oxygen atoms in total. The average Bonchev–Trinajstić information content (AvgIpc) is 2.76. The van der Waals surface area contributed by atoms with E-state index in [1.54, 1.807) is 0 Å². The highest BCUT2D eigenvalue weighted by Crippen LogP contribution is 2.23. The lowest BCUT2D eigenvalue weighted by Gasteiger charge is -2.11. The minimum Gasteiger partial charge on any atom is -0.489 e. The predicted molar refractivity (Wildman–Crippen MR) is 123 cm³/mol. The summed E-state index contributed by atoms with van der Waals surface area (Å²) in [6.45, 7) is 4.50. The van der Waals surface area contributed by atoms with E-state index in [-0.39, 0.29) is 12.1 Å². The molecule has 30 heavy (non-hydrogen) atoms. The van der Waals surface area contributed by atoms with Gasteiger partial charge in [0.05, 0.1) is 6.10 Å². The Hall–Kier alpha value is -3.07. The number of hydrogen-bond donors (Lipinski definition) is 0. The van der Waals surface area contributed by atoms with Gasteiger partial charge in [-0.05, 0) is 66.3 Å². The van der Waals surface area contributed by atoms with E-state index in [0.29, 0.717) is 13.0 Å². The number of esters is 1. The van der Waals surface area contributed by atoms with Crippen LogP contribution in [0.4, 0.5) is 0 Å². The summed E-state index contributed by atoms with van der Waals surface area (Å²) in [5.41, 5.74) is 2.32. The molecule has 0 aliphatic carbocycles. The van der Waals surface area contributed by atoms with E-state index >= 15 is 0 Å². The molecule has 0 saturated heterocycles. The summed E-state index contributed by atoms with van der Waals surface area (Å²) < 4.78 is 11.3. The van der Waals surface area contributed by atoms with Crippen molar-refractivity contribution >= 4 is 22.8 Å². The Morgan fingerprint density at radius 3 is 2.57 bits per heavy atom. The number of carbonyl (C=O) groups is 1. The summed E-state index contributed by atoms with van der Waals surface area (Å²) >= 11 is 0. The van der Waals surface area contributed by atoms with Crippen LogP contribution in [0.15, 0.2) is 72.8 Å². The van der Waals surface area contributed by atoms with Crippen LogP contribution >= 0.6 is 0 Å². The van der Waals surface area contributed by atoms with Gasteiger partial charge in [0.25, 0.3) is 0 Å². The second-order valence-corrected chi connectivity index (χ2v) is 7.57. The Morgan fingerprint density at radius 2 is 1.77 bits per heavy atom. The number of rotatable bonds is 10. The standard InChI is InChI=1S/C27H30O3/c1-3-9-27(28)30-21(2)10-7-8-11-22-14-15-25-19-26(17-16-24(25)18-22)29-20-23-12-5-4-6-13-23/h4-6,8,11-19,21H,3,7,9-10,20H2,1-2H3. The summed E-state index contributed by atoms with van der Waals surface area (Å²) in [5, 5.41) is 2.35. The van der Waals surface area contributed by atoms with Gasteiger partial charge < -0.3 is 9.47 Å². The molecule has 3 aromatic carbocycles. The van der Waals surface area contributed by atoms with Crippen LogP contribution in [-0.2, 0) is 16.1 Å². The summed E-state index contributed by atoms with van der Waals surface area (Å²) in [6.07, 6.45) is 7.26. The Balaban J connectivity index is 1.52. The lowest BCUT2D eigenvalue weighted by Crippen LogP contribution is -2.14. The van der Waals surface area contributed by atoms with Gasteiger partial charge in [0, 0.05) is 6.42 Å². The topological polar surface area (TPSA) is 35.5 Å². The van der Waals surface area contributed by atoms with Crippen molar-refractivity contribution in [1.29, 1.82) is 0 Å². The van der Waals surface area contributed by atoms with Gasteiger partial charge in [0.2, 0.25) is 0 Å². The van der Waals surface area contributed by atoms with Crippen molar-refractivity contribution in [3.05, 3.63) is 83.9 Å². The molecule has 156 valence electrons. The summed E-state index contributed by atoms with van der Waals surface area (Å²) in [6, 6.07) is 22.8. The third-order valence-electron chi connectivity index (χ3n) is 4.92. The minimum absolute atomic E-state index is 0.0420. The molecule has 0 aliphatic rings. The lowest BCUT2D eigenvalue weighted by atomic mass is 10.1. The number of fused-ring (bicyclic) bond motifs is 1. The van der Waals surface area contributed by atoms with E-state index in [1.807, 2.05) is 38.1 Å². The zero-order valence-corrected chi connectivity index (χ0v) is 17.8. The molecule has 0 aromatic heterocycles. The maximum atomic E-state index is 11.5. The fourth-order valence-corrected chi connectivity index (χ4v) is 3.27. The molecule has 1 atom stereocenters. The van der Waals surface area contributed by atoms with E-state index in [2.05, 4.69) is 54.6 Å². The summed E-state index contributed by atoms with van der Waals surface area (Å²) in [5.74, 6) is 0.775. The lowest BCUT2D eigenvalue weighted by molar-refractivity contribution is -0.148. The molecule has 0 fully saturated rings. The molecule has 0 saturated carbocycles. The number of hydrogen-bond acceptors (Lipinski definition) is 3. The molecule has 3 aromatic rings. The fraction of sp³-hybridized carbons (Fsp3) is 0.296. The molecule has 0 radical (unpaired) electrons. The van der Waals surface area contributed by atoms with Crippen molar-refractivity contribution in [3.8, 4) is 5.75 Å². The second-order valence-electron chi connectivity index (χ2n) is 7.57. The first-order valence-electron chi connectivity index (χ1n) is 10.7. The highest BCUT2D eigenvalue weighted by molar-refractivity contribution is 5.86. The zero-order valence-electron chi connectivity index (χ0n) is 17.8. The van der Waals surface area contributed by atoms with Crippen molar-refractivity contribution in [2.24, 2.45) is 0 Å². The summed E-state index contributed by atoms with van der Waals surface area (Å²) in [7, 11) is 0. The average molecular weight is 403 g/mol. The van der Waals surface area contributed by atoms with Gasteiger partial charge in [-0.15, -0.1) is 0 Å². The molecule has 0 spiro atoms. The molecular weight excluding hydrogens is 372 g/mol. The molecule has 3 rings (SSSR count). The van der Waals surface area contributed by atoms with Crippen LogP contribution in [0.3, 0.4) is 0 Å². The van der Waals surface area contributed by atoms with Crippen LogP contribution in [0, 0.1) is 0 Å². The van der Waals surface area contributed by atoms with E-state index in [9.17, 15) is 4.79 Å². The number of allylic oxidation sites excluding steroid dienone is 1. The van der Waals surface area contributed by atoms with E-state index in [4.69, 9.17) is 9.47 Å². The van der Waals surface area contributed by atoms with Crippen LogP contribution in [-0.4, -0.2) is 12.1 Å². The Kier molecular flexibility index (Phi) is 8.08. The molecule has 0 aliphatic heterocycles. The Morgan fingerprint density at radius 1 is 1.00 bits per heavy atom. The SMILES string of the molecule is CCCC(=O)OC(C)CCC=Cc1ccc2cc(OCc3ccccc3)ccc2c1. The van der Waals surface area contributed by atoms with Gasteiger partial charge in [-0.25, -0.2) is 0 Å². The minimum atomic E-state index is -0.101. The van der Waals surface area contributed by atoms with E-state index in [0.717, 1.165) is 41.5 Å². The molecule has 0 heterocycles. The third-order valence-corrected chi connectivity index (χ3v) is 4.92. The van der Waals surface area contributed by atoms with Crippen molar-refractivity contribution < 1.29 is 14.3 Å². The molecule has 0 bridgehead atoms. The molecule has 3 heteroatoms. The normalized spacial score (nSPS) is 12.2. The first-order valence-corrected chi connectivity index (χ1v) is 10.7. The first-order chi connectivity index (χ1) is 14.6. The molecule has 1 unspecified atom stereocenters. The Labute approximate surface area is 179 Å². The fourth-order valence-electron chi connectivity index (χ4n) is 3.27. The van der Waals surface area contributed by atoms with Crippen molar-refractivity contribution in [2.45, 2.75) is 52.2 Å². The van der Waals surface area contributed by atoms with Gasteiger partial charge in [-0.3, -0.25) is 4.79 Å². The monoisotopic (exact) mass is 402 g/mol. The number of carbonyl (C=O) groups excluding carboxylic acids is 1. The van der Waals surface area contributed by atoms with Crippen molar-refractivity contribution in [1.82, 2.24) is 0 Å². The maximum Gasteiger partial charge on any atom is 0.306 e. The molecule has 0 N–H and O–H groups in total. The smallest absolute Gasteiger partial charge is 0.306 e. The van der Waals surface area contributed by atoms with Crippen LogP contribution in [0.2, 0.25) is 0 Å². The van der Waals surface area contributed by atoms with Gasteiger partial charge in [-0.2, -0.15) is 0 Å².